The third kappa shape index (κ3) is 4.13. The molecular formula is C16H22N2O4. The number of nitrogens with one attached hydrogen (secondary N) is 1. The molecule has 1 aromatic carbocycles. The predicted molar refractivity (Wildman–Crippen MR) is 82.9 cm³/mol. The normalized spacial score (nSPS) is 17.7. The zero-order valence-corrected chi connectivity index (χ0v) is 13.0. The molecule has 0 aromatic heterocycles. The number of anilines is 1. The van der Waals surface area contributed by atoms with Crippen LogP contribution in [0.5, 0.6) is 5.75 Å². The van der Waals surface area contributed by atoms with Crippen LogP contribution in [-0.2, 0) is 9.53 Å². The van der Waals surface area contributed by atoms with Crippen molar-refractivity contribution >= 4 is 17.7 Å². The molecule has 120 valence electrons. The van der Waals surface area contributed by atoms with Gasteiger partial charge in [0.25, 0.3) is 0 Å². The van der Waals surface area contributed by atoms with E-state index in [1.54, 1.807) is 31.1 Å². The lowest BCUT2D eigenvalue weighted by atomic mass is 9.98. The molecule has 2 rings (SSSR count). The van der Waals surface area contributed by atoms with Gasteiger partial charge in [-0.1, -0.05) is 6.07 Å². The third-order valence-corrected chi connectivity index (χ3v) is 3.65. The van der Waals surface area contributed by atoms with Gasteiger partial charge >= 0.3 is 12.0 Å². The highest BCUT2D eigenvalue weighted by molar-refractivity contribution is 5.90. The Morgan fingerprint density at radius 1 is 1.41 bits per heavy atom. The average molecular weight is 306 g/mol. The van der Waals surface area contributed by atoms with E-state index in [4.69, 9.17) is 9.47 Å². The summed E-state index contributed by atoms with van der Waals surface area (Å²) in [7, 11) is 1.58. The van der Waals surface area contributed by atoms with Crippen molar-refractivity contribution in [2.45, 2.75) is 19.8 Å². The van der Waals surface area contributed by atoms with Gasteiger partial charge in [-0.15, -0.1) is 0 Å². The molecule has 1 atom stereocenters. The smallest absolute Gasteiger partial charge is 0.321 e. The number of carbonyl (C=O) groups excluding carboxylic acids is 2. The molecule has 1 N–H and O–H groups in total. The van der Waals surface area contributed by atoms with Crippen LogP contribution in [0.15, 0.2) is 24.3 Å². The molecule has 1 heterocycles. The van der Waals surface area contributed by atoms with Crippen molar-refractivity contribution in [3.8, 4) is 5.75 Å². The summed E-state index contributed by atoms with van der Waals surface area (Å²) in [6.07, 6.45) is 1.57. The fraction of sp³-hybridized carbons (Fsp3) is 0.500. The van der Waals surface area contributed by atoms with E-state index >= 15 is 0 Å². The first-order valence-electron chi connectivity index (χ1n) is 7.50. The highest BCUT2D eigenvalue weighted by Gasteiger charge is 2.29. The minimum Gasteiger partial charge on any atom is -0.497 e. The number of nitrogens with zero attached hydrogens (tertiary/aromatic N) is 1. The maximum atomic E-state index is 12.3. The first-order valence-corrected chi connectivity index (χ1v) is 7.50. The number of likely N-dealkylation sites (tertiary alicyclic amines) is 1. The van der Waals surface area contributed by atoms with Gasteiger partial charge in [0.2, 0.25) is 0 Å². The summed E-state index contributed by atoms with van der Waals surface area (Å²) in [5.41, 5.74) is 0.669. The average Bonchev–Trinajstić information content (AvgIpc) is 2.55. The number of hydrogen-bond acceptors (Lipinski definition) is 4. The molecule has 1 saturated heterocycles. The van der Waals surface area contributed by atoms with Crippen molar-refractivity contribution in [1.82, 2.24) is 4.90 Å². The Morgan fingerprint density at radius 2 is 2.23 bits per heavy atom. The van der Waals surface area contributed by atoms with Crippen molar-refractivity contribution < 1.29 is 19.1 Å². The molecule has 2 amide bonds. The summed E-state index contributed by atoms with van der Waals surface area (Å²) in [6.45, 7) is 3.19. The quantitative estimate of drug-likeness (QED) is 0.868. The van der Waals surface area contributed by atoms with Gasteiger partial charge in [0, 0.05) is 24.8 Å². The van der Waals surface area contributed by atoms with E-state index in [-0.39, 0.29) is 17.9 Å². The van der Waals surface area contributed by atoms with Crippen molar-refractivity contribution in [3.05, 3.63) is 24.3 Å². The molecule has 1 aromatic rings. The number of urea groups is 1. The zero-order valence-electron chi connectivity index (χ0n) is 13.0. The van der Waals surface area contributed by atoms with Gasteiger partial charge in [0.1, 0.15) is 5.75 Å². The highest BCUT2D eigenvalue weighted by atomic mass is 16.5. The Morgan fingerprint density at radius 3 is 2.95 bits per heavy atom. The second kappa shape index (κ2) is 7.68. The molecule has 1 aliphatic rings. The first-order chi connectivity index (χ1) is 10.6. The van der Waals surface area contributed by atoms with Crippen LogP contribution in [-0.4, -0.2) is 43.7 Å². The summed E-state index contributed by atoms with van der Waals surface area (Å²) in [6, 6.07) is 6.97. The van der Waals surface area contributed by atoms with E-state index in [1.807, 2.05) is 12.1 Å². The number of methoxy groups -OCH3 is 1. The molecule has 1 unspecified atom stereocenters. The van der Waals surface area contributed by atoms with Gasteiger partial charge in [-0.3, -0.25) is 4.79 Å². The van der Waals surface area contributed by atoms with Crippen LogP contribution < -0.4 is 10.1 Å². The summed E-state index contributed by atoms with van der Waals surface area (Å²) >= 11 is 0. The van der Waals surface area contributed by atoms with E-state index in [0.717, 1.165) is 12.8 Å². The number of benzene rings is 1. The number of hydrogen-bond donors (Lipinski definition) is 1. The minimum atomic E-state index is -0.232. The lowest BCUT2D eigenvalue weighted by Crippen LogP contribution is -2.44. The number of piperidine rings is 1. The van der Waals surface area contributed by atoms with Crippen LogP contribution in [0.4, 0.5) is 10.5 Å². The number of ether oxygens (including phenoxy) is 2. The van der Waals surface area contributed by atoms with Crippen molar-refractivity contribution in [1.29, 1.82) is 0 Å². The maximum absolute atomic E-state index is 12.3. The molecular weight excluding hydrogens is 284 g/mol. The van der Waals surface area contributed by atoms with Gasteiger partial charge in [-0.05, 0) is 31.9 Å². The van der Waals surface area contributed by atoms with Crippen molar-refractivity contribution in [3.63, 3.8) is 0 Å². The van der Waals surface area contributed by atoms with E-state index in [0.29, 0.717) is 31.1 Å². The summed E-state index contributed by atoms with van der Waals surface area (Å²) in [5.74, 6) is 0.229. The molecule has 0 saturated carbocycles. The van der Waals surface area contributed by atoms with E-state index in [9.17, 15) is 9.59 Å². The summed E-state index contributed by atoms with van der Waals surface area (Å²) in [4.78, 5) is 25.8. The topological polar surface area (TPSA) is 67.9 Å². The van der Waals surface area contributed by atoms with E-state index in [2.05, 4.69) is 5.32 Å². The van der Waals surface area contributed by atoms with Gasteiger partial charge in [0.15, 0.2) is 0 Å². The van der Waals surface area contributed by atoms with Crippen LogP contribution in [0.3, 0.4) is 0 Å². The SMILES string of the molecule is CCOC(=O)C1CCCN(C(=O)Nc2cccc(OC)c2)C1. The predicted octanol–water partition coefficient (Wildman–Crippen LogP) is 2.50. The number of carbonyl (C=O) groups is 2. The highest BCUT2D eigenvalue weighted by Crippen LogP contribution is 2.20. The molecule has 0 aliphatic carbocycles. The van der Waals surface area contributed by atoms with Gasteiger partial charge in [0.05, 0.1) is 19.6 Å². The standard InChI is InChI=1S/C16H22N2O4/c1-3-22-15(19)12-6-5-9-18(11-12)16(20)17-13-7-4-8-14(10-13)21-2/h4,7-8,10,12H,3,5-6,9,11H2,1-2H3,(H,17,20). The van der Waals surface area contributed by atoms with Crippen molar-refractivity contribution in [2.24, 2.45) is 5.92 Å². The molecule has 6 heteroatoms. The van der Waals surface area contributed by atoms with Crippen LogP contribution in [0.1, 0.15) is 19.8 Å². The Bertz CT molecular complexity index is 533. The van der Waals surface area contributed by atoms with E-state index in [1.165, 1.54) is 0 Å². The van der Waals surface area contributed by atoms with Crippen LogP contribution in [0.25, 0.3) is 0 Å². The lowest BCUT2D eigenvalue weighted by molar-refractivity contribution is -0.149. The Labute approximate surface area is 130 Å². The Kier molecular flexibility index (Phi) is 5.63. The molecule has 0 radical (unpaired) electrons. The monoisotopic (exact) mass is 306 g/mol. The summed E-state index contributed by atoms with van der Waals surface area (Å²) < 4.78 is 10.2. The third-order valence-electron chi connectivity index (χ3n) is 3.65. The zero-order chi connectivity index (χ0) is 15.9. The second-order valence-corrected chi connectivity index (χ2v) is 5.20. The molecule has 1 aliphatic heterocycles. The van der Waals surface area contributed by atoms with Gasteiger partial charge < -0.3 is 19.7 Å². The molecule has 0 spiro atoms. The molecule has 0 bridgehead atoms. The minimum absolute atomic E-state index is 0.206. The number of amides is 2. The van der Waals surface area contributed by atoms with Gasteiger partial charge in [-0.2, -0.15) is 0 Å². The summed E-state index contributed by atoms with van der Waals surface area (Å²) in [5, 5.41) is 2.83. The second-order valence-electron chi connectivity index (χ2n) is 5.20. The Balaban J connectivity index is 1.95. The fourth-order valence-electron chi connectivity index (χ4n) is 2.52. The van der Waals surface area contributed by atoms with Crippen molar-refractivity contribution in [2.75, 3.05) is 32.1 Å². The Hall–Kier alpha value is -2.24. The molecule has 22 heavy (non-hydrogen) atoms. The molecule has 1 fully saturated rings. The number of esters is 1. The van der Waals surface area contributed by atoms with Crippen LogP contribution >= 0.6 is 0 Å². The van der Waals surface area contributed by atoms with Gasteiger partial charge in [-0.25, -0.2) is 4.79 Å². The first kappa shape index (κ1) is 16.1. The largest absolute Gasteiger partial charge is 0.497 e. The molecule has 6 nitrogen and oxygen atoms in total. The van der Waals surface area contributed by atoms with Crippen LogP contribution in [0, 0.1) is 5.92 Å². The fourth-order valence-corrected chi connectivity index (χ4v) is 2.52. The lowest BCUT2D eigenvalue weighted by Gasteiger charge is -2.31. The van der Waals surface area contributed by atoms with E-state index < -0.39 is 0 Å². The van der Waals surface area contributed by atoms with Crippen LogP contribution in [0.2, 0.25) is 0 Å². The number of rotatable bonds is 4. The maximum Gasteiger partial charge on any atom is 0.321 e.